The first-order chi connectivity index (χ1) is 15.2. The third-order valence-corrected chi connectivity index (χ3v) is 5.37. The van der Waals surface area contributed by atoms with Gasteiger partial charge in [-0.1, -0.05) is 6.07 Å². The number of nitrogens with one attached hydrogen (secondary N) is 2. The van der Waals surface area contributed by atoms with E-state index in [9.17, 15) is 4.79 Å². The van der Waals surface area contributed by atoms with Crippen LogP contribution in [0.15, 0.2) is 30.5 Å². The van der Waals surface area contributed by atoms with Crippen LogP contribution in [0.5, 0.6) is 5.75 Å². The topological polar surface area (TPSA) is 115 Å². The number of primary amides is 1. The summed E-state index contributed by atoms with van der Waals surface area (Å²) in [5.41, 5.74) is 7.19. The van der Waals surface area contributed by atoms with Crippen LogP contribution in [0.2, 0.25) is 0 Å². The van der Waals surface area contributed by atoms with Gasteiger partial charge in [-0.2, -0.15) is 4.98 Å². The fourth-order valence-electron chi connectivity index (χ4n) is 3.50. The number of nitrogens with zero attached hydrogens (tertiary/aromatic N) is 3. The minimum atomic E-state index is -0.335. The SMILES string of the molecule is NC(=O)CCNc1nc(Nc2cccc(OCCN3CCOCC3)c2)ncc1C1CC1. The van der Waals surface area contributed by atoms with Gasteiger partial charge in [-0.15, -0.1) is 0 Å². The van der Waals surface area contributed by atoms with Crippen LogP contribution in [-0.4, -0.2) is 66.8 Å². The summed E-state index contributed by atoms with van der Waals surface area (Å²) in [4.78, 5) is 22.5. The minimum absolute atomic E-state index is 0.265. The summed E-state index contributed by atoms with van der Waals surface area (Å²) in [5.74, 6) is 2.22. The molecule has 1 saturated carbocycles. The van der Waals surface area contributed by atoms with E-state index in [1.807, 2.05) is 30.5 Å². The molecule has 2 aromatic rings. The van der Waals surface area contributed by atoms with E-state index >= 15 is 0 Å². The summed E-state index contributed by atoms with van der Waals surface area (Å²) in [7, 11) is 0. The molecule has 0 bridgehead atoms. The highest BCUT2D eigenvalue weighted by Crippen LogP contribution is 2.42. The number of carbonyl (C=O) groups is 1. The Morgan fingerprint density at radius 2 is 2.13 bits per heavy atom. The van der Waals surface area contributed by atoms with E-state index < -0.39 is 0 Å². The van der Waals surface area contributed by atoms with Gasteiger partial charge >= 0.3 is 0 Å². The zero-order chi connectivity index (χ0) is 21.5. The van der Waals surface area contributed by atoms with Crippen molar-refractivity contribution in [1.82, 2.24) is 14.9 Å². The summed E-state index contributed by atoms with van der Waals surface area (Å²) in [6.45, 7) is 5.45. The second-order valence-electron chi connectivity index (χ2n) is 7.87. The number of ether oxygens (including phenoxy) is 2. The molecule has 31 heavy (non-hydrogen) atoms. The van der Waals surface area contributed by atoms with Crippen molar-refractivity contribution in [2.45, 2.75) is 25.2 Å². The number of anilines is 3. The predicted molar refractivity (Wildman–Crippen MR) is 119 cm³/mol. The average molecular weight is 427 g/mol. The standard InChI is InChI=1S/C22H30N6O3/c23-20(29)6-7-24-21-19(16-4-5-16)15-25-22(27-21)26-17-2-1-3-18(14-17)31-13-10-28-8-11-30-12-9-28/h1-3,14-16H,4-13H2,(H2,23,29)(H2,24,25,26,27). The Kier molecular flexibility index (Phi) is 7.16. The molecule has 4 rings (SSSR count). The van der Waals surface area contributed by atoms with Gasteiger partial charge in [0.25, 0.3) is 0 Å². The number of nitrogens with two attached hydrogens (primary N) is 1. The van der Waals surface area contributed by atoms with Gasteiger partial charge in [0.2, 0.25) is 11.9 Å². The molecule has 0 radical (unpaired) electrons. The van der Waals surface area contributed by atoms with Crippen molar-refractivity contribution in [2.24, 2.45) is 5.73 Å². The van der Waals surface area contributed by atoms with E-state index in [1.165, 1.54) is 0 Å². The van der Waals surface area contributed by atoms with Crippen LogP contribution in [0.4, 0.5) is 17.5 Å². The van der Waals surface area contributed by atoms with E-state index in [1.54, 1.807) is 0 Å². The van der Waals surface area contributed by atoms with E-state index in [0.717, 1.165) is 68.5 Å². The number of morpholine rings is 1. The van der Waals surface area contributed by atoms with Crippen molar-refractivity contribution in [1.29, 1.82) is 0 Å². The van der Waals surface area contributed by atoms with Gasteiger partial charge in [-0.05, 0) is 30.9 Å². The normalized spacial score (nSPS) is 16.6. The molecular weight excluding hydrogens is 396 g/mol. The van der Waals surface area contributed by atoms with Crippen LogP contribution < -0.4 is 21.1 Å². The maximum absolute atomic E-state index is 11.0. The van der Waals surface area contributed by atoms with E-state index in [-0.39, 0.29) is 12.3 Å². The third kappa shape index (κ3) is 6.53. The molecular formula is C22H30N6O3. The minimum Gasteiger partial charge on any atom is -0.492 e. The lowest BCUT2D eigenvalue weighted by Crippen LogP contribution is -2.38. The summed E-state index contributed by atoms with van der Waals surface area (Å²) in [6, 6.07) is 7.78. The second-order valence-corrected chi connectivity index (χ2v) is 7.87. The van der Waals surface area contributed by atoms with Crippen LogP contribution >= 0.6 is 0 Å². The molecule has 2 heterocycles. The van der Waals surface area contributed by atoms with Crippen LogP contribution in [0.25, 0.3) is 0 Å². The lowest BCUT2D eigenvalue weighted by atomic mass is 10.2. The number of aromatic nitrogens is 2. The van der Waals surface area contributed by atoms with Crippen molar-refractivity contribution < 1.29 is 14.3 Å². The number of amides is 1. The summed E-state index contributed by atoms with van der Waals surface area (Å²) in [6.07, 6.45) is 4.41. The van der Waals surface area contributed by atoms with Crippen LogP contribution in [0.3, 0.4) is 0 Å². The van der Waals surface area contributed by atoms with Crippen molar-refractivity contribution >= 4 is 23.4 Å². The molecule has 4 N–H and O–H groups in total. The monoisotopic (exact) mass is 426 g/mol. The van der Waals surface area contributed by atoms with Gasteiger partial charge in [-0.25, -0.2) is 4.98 Å². The van der Waals surface area contributed by atoms with Crippen LogP contribution in [0.1, 0.15) is 30.7 Å². The van der Waals surface area contributed by atoms with E-state index in [4.69, 9.17) is 15.2 Å². The molecule has 9 nitrogen and oxygen atoms in total. The Bertz CT molecular complexity index is 883. The summed E-state index contributed by atoms with van der Waals surface area (Å²) < 4.78 is 11.3. The van der Waals surface area contributed by atoms with Crippen molar-refractivity contribution in [3.05, 3.63) is 36.0 Å². The van der Waals surface area contributed by atoms with E-state index in [2.05, 4.69) is 25.5 Å². The van der Waals surface area contributed by atoms with Gasteiger partial charge in [0.1, 0.15) is 18.2 Å². The number of benzene rings is 1. The van der Waals surface area contributed by atoms with Crippen molar-refractivity contribution in [2.75, 3.05) is 56.6 Å². The zero-order valence-electron chi connectivity index (χ0n) is 17.7. The maximum Gasteiger partial charge on any atom is 0.229 e. The Hall–Kier alpha value is -2.91. The Balaban J connectivity index is 1.35. The molecule has 2 aliphatic rings. The van der Waals surface area contributed by atoms with E-state index in [0.29, 0.717) is 25.0 Å². The second kappa shape index (κ2) is 10.4. The molecule has 1 aliphatic carbocycles. The number of hydrogen-bond acceptors (Lipinski definition) is 8. The molecule has 1 aliphatic heterocycles. The quantitative estimate of drug-likeness (QED) is 0.500. The molecule has 1 amide bonds. The first kappa shape index (κ1) is 21.3. The lowest BCUT2D eigenvalue weighted by Gasteiger charge is -2.26. The van der Waals surface area contributed by atoms with Crippen LogP contribution in [-0.2, 0) is 9.53 Å². The fourth-order valence-corrected chi connectivity index (χ4v) is 3.50. The highest BCUT2D eigenvalue weighted by atomic mass is 16.5. The molecule has 0 spiro atoms. The zero-order valence-corrected chi connectivity index (χ0v) is 17.7. The Labute approximate surface area is 182 Å². The maximum atomic E-state index is 11.0. The van der Waals surface area contributed by atoms with Gasteiger partial charge in [0.15, 0.2) is 0 Å². The number of carbonyl (C=O) groups excluding carboxylic acids is 1. The van der Waals surface area contributed by atoms with Gasteiger partial charge in [-0.3, -0.25) is 9.69 Å². The number of rotatable bonds is 11. The Morgan fingerprint density at radius 1 is 1.29 bits per heavy atom. The van der Waals surface area contributed by atoms with Gasteiger partial charge in [0, 0.05) is 56.1 Å². The Morgan fingerprint density at radius 3 is 2.90 bits per heavy atom. The molecule has 1 aromatic heterocycles. The van der Waals surface area contributed by atoms with Gasteiger partial charge in [0.05, 0.1) is 13.2 Å². The summed E-state index contributed by atoms with van der Waals surface area (Å²) >= 11 is 0. The third-order valence-electron chi connectivity index (χ3n) is 5.37. The fraction of sp³-hybridized carbons (Fsp3) is 0.500. The first-order valence-electron chi connectivity index (χ1n) is 10.9. The first-order valence-corrected chi connectivity index (χ1v) is 10.9. The predicted octanol–water partition coefficient (Wildman–Crippen LogP) is 2.10. The molecule has 166 valence electrons. The molecule has 1 saturated heterocycles. The molecule has 2 fully saturated rings. The highest BCUT2D eigenvalue weighted by molar-refractivity contribution is 5.74. The van der Waals surface area contributed by atoms with Crippen LogP contribution in [0, 0.1) is 0 Å². The van der Waals surface area contributed by atoms with Gasteiger partial charge < -0.3 is 25.8 Å². The smallest absolute Gasteiger partial charge is 0.229 e. The summed E-state index contributed by atoms with van der Waals surface area (Å²) in [5, 5.41) is 6.48. The highest BCUT2D eigenvalue weighted by Gasteiger charge is 2.27. The average Bonchev–Trinajstić information content (AvgIpc) is 3.60. The molecule has 0 unspecified atom stereocenters. The molecule has 9 heteroatoms. The lowest BCUT2D eigenvalue weighted by molar-refractivity contribution is -0.117. The largest absolute Gasteiger partial charge is 0.492 e. The molecule has 1 aromatic carbocycles. The van der Waals surface area contributed by atoms with Crippen molar-refractivity contribution in [3.63, 3.8) is 0 Å². The van der Waals surface area contributed by atoms with Crippen molar-refractivity contribution in [3.8, 4) is 5.75 Å². The molecule has 0 atom stereocenters. The number of hydrogen-bond donors (Lipinski definition) is 3.